The van der Waals surface area contributed by atoms with E-state index in [1.54, 1.807) is 75.9 Å². The van der Waals surface area contributed by atoms with Gasteiger partial charge in [-0.3, -0.25) is 9.71 Å². The Bertz CT molecular complexity index is 1490. The lowest BCUT2D eigenvalue weighted by molar-refractivity contribution is 0.355. The smallest absolute Gasteiger partial charge is 0.265 e. The van der Waals surface area contributed by atoms with Crippen LogP contribution in [0.2, 0.25) is 5.02 Å². The largest absolute Gasteiger partial charge is 0.495 e. The summed E-state index contributed by atoms with van der Waals surface area (Å²) < 4.78 is 50.5. The van der Waals surface area contributed by atoms with Gasteiger partial charge in [0.1, 0.15) is 22.1 Å². The van der Waals surface area contributed by atoms with Crippen LogP contribution in [-0.4, -0.2) is 34.7 Å². The van der Waals surface area contributed by atoms with Gasteiger partial charge in [0.05, 0.1) is 26.8 Å². The van der Waals surface area contributed by atoms with Gasteiger partial charge in [0, 0.05) is 28.4 Å². The maximum absolute atomic E-state index is 13.0. The Kier molecular flexibility index (Phi) is 6.90. The Morgan fingerprint density at radius 3 is 2.14 bits per heavy atom. The van der Waals surface area contributed by atoms with Crippen molar-refractivity contribution in [1.82, 2.24) is 4.98 Å². The Balaban J connectivity index is 1.59. The van der Waals surface area contributed by atoms with E-state index in [9.17, 15) is 8.42 Å². The number of aryl methyl sites for hydroxylation is 1. The lowest BCUT2D eigenvalue weighted by Gasteiger charge is -2.14. The molecule has 1 heterocycles. The number of nitrogens with one attached hydrogen (secondary N) is 1. The molecule has 182 valence electrons. The number of rotatable bonds is 8. The Morgan fingerprint density at radius 1 is 0.829 bits per heavy atom. The first kappa shape index (κ1) is 24.4. The molecule has 35 heavy (non-hydrogen) atoms. The molecule has 1 aromatic heterocycles. The predicted molar refractivity (Wildman–Crippen MR) is 135 cm³/mol. The molecule has 1 N–H and O–H groups in total. The maximum atomic E-state index is 13.0. The molecule has 4 rings (SSSR count). The van der Waals surface area contributed by atoms with Crippen LogP contribution in [0.5, 0.6) is 28.7 Å². The molecule has 0 fully saturated rings. The van der Waals surface area contributed by atoms with Crippen LogP contribution in [-0.2, 0) is 10.0 Å². The molecule has 10 heteroatoms. The van der Waals surface area contributed by atoms with Crippen LogP contribution in [0.1, 0.15) is 5.56 Å². The van der Waals surface area contributed by atoms with Crippen LogP contribution in [0.15, 0.2) is 65.7 Å². The molecule has 0 amide bonds. The first-order chi connectivity index (χ1) is 16.7. The van der Waals surface area contributed by atoms with E-state index in [0.717, 1.165) is 5.39 Å². The summed E-state index contributed by atoms with van der Waals surface area (Å²) in [5, 5.41) is 1.06. The molecule has 0 aliphatic rings. The van der Waals surface area contributed by atoms with Crippen molar-refractivity contribution in [3.8, 4) is 28.7 Å². The number of ether oxygens (including phenoxy) is 4. The average Bonchev–Trinajstić information content (AvgIpc) is 2.85. The van der Waals surface area contributed by atoms with Crippen LogP contribution in [0, 0.1) is 6.92 Å². The van der Waals surface area contributed by atoms with E-state index in [1.165, 1.54) is 13.2 Å². The SMILES string of the molecule is COc1cc2nccc(Oc3ccc(NS(=O)(=O)c4cc(Cl)c(C)cc4OC)cc3)c2cc1OC. The molecule has 0 saturated heterocycles. The number of pyridine rings is 1. The molecule has 0 bridgehead atoms. The fourth-order valence-electron chi connectivity index (χ4n) is 3.47. The highest BCUT2D eigenvalue weighted by Crippen LogP contribution is 2.37. The van der Waals surface area contributed by atoms with E-state index < -0.39 is 10.0 Å². The van der Waals surface area contributed by atoms with Crippen molar-refractivity contribution in [3.63, 3.8) is 0 Å². The minimum Gasteiger partial charge on any atom is -0.495 e. The molecule has 0 unspecified atom stereocenters. The highest BCUT2D eigenvalue weighted by molar-refractivity contribution is 7.92. The summed E-state index contributed by atoms with van der Waals surface area (Å²) in [6.45, 7) is 1.77. The summed E-state index contributed by atoms with van der Waals surface area (Å²) in [6.07, 6.45) is 1.63. The molecule has 4 aromatic rings. The van der Waals surface area contributed by atoms with E-state index >= 15 is 0 Å². The predicted octanol–water partition coefficient (Wildman–Crippen LogP) is 5.82. The average molecular weight is 515 g/mol. The minimum absolute atomic E-state index is 0.0523. The van der Waals surface area contributed by atoms with Gasteiger partial charge in [-0.15, -0.1) is 0 Å². The molecule has 0 saturated carbocycles. The second-order valence-electron chi connectivity index (χ2n) is 7.52. The van der Waals surface area contributed by atoms with Crippen LogP contribution in [0.25, 0.3) is 10.9 Å². The van der Waals surface area contributed by atoms with Crippen molar-refractivity contribution < 1.29 is 27.4 Å². The van der Waals surface area contributed by atoms with Gasteiger partial charge >= 0.3 is 0 Å². The number of halogens is 1. The van der Waals surface area contributed by atoms with E-state index in [-0.39, 0.29) is 10.6 Å². The summed E-state index contributed by atoms with van der Waals surface area (Å²) >= 11 is 6.14. The molecule has 0 atom stereocenters. The summed E-state index contributed by atoms with van der Waals surface area (Å²) in [5.74, 6) is 2.38. The topological polar surface area (TPSA) is 96.0 Å². The van der Waals surface area contributed by atoms with Crippen LogP contribution >= 0.6 is 11.6 Å². The third-order valence-electron chi connectivity index (χ3n) is 5.28. The second-order valence-corrected chi connectivity index (χ2v) is 9.58. The quantitative estimate of drug-likeness (QED) is 0.316. The zero-order chi connectivity index (χ0) is 25.2. The summed E-state index contributed by atoms with van der Waals surface area (Å²) in [7, 11) is 0.575. The van der Waals surface area contributed by atoms with E-state index in [1.807, 2.05) is 0 Å². The number of aromatic nitrogens is 1. The molecule has 8 nitrogen and oxygen atoms in total. The van der Waals surface area contributed by atoms with Crippen molar-refractivity contribution in [2.75, 3.05) is 26.1 Å². The Labute approximate surface area is 208 Å². The van der Waals surface area contributed by atoms with E-state index in [4.69, 9.17) is 30.5 Å². The summed E-state index contributed by atoms with van der Waals surface area (Å²) in [5.41, 5.74) is 1.74. The number of benzene rings is 3. The molecule has 0 aliphatic carbocycles. The normalized spacial score (nSPS) is 11.2. The molecule has 3 aromatic carbocycles. The molecular weight excluding hydrogens is 492 g/mol. The van der Waals surface area contributed by atoms with Crippen LogP contribution in [0.3, 0.4) is 0 Å². The number of methoxy groups -OCH3 is 3. The lowest BCUT2D eigenvalue weighted by atomic mass is 10.2. The first-order valence-electron chi connectivity index (χ1n) is 10.4. The Morgan fingerprint density at radius 2 is 1.49 bits per heavy atom. The van der Waals surface area contributed by atoms with Crippen molar-refractivity contribution >= 4 is 38.2 Å². The fourth-order valence-corrected chi connectivity index (χ4v) is 4.94. The summed E-state index contributed by atoms with van der Waals surface area (Å²) in [6, 6.07) is 14.8. The van der Waals surface area contributed by atoms with Crippen molar-refractivity contribution in [3.05, 3.63) is 71.4 Å². The van der Waals surface area contributed by atoms with Crippen molar-refractivity contribution in [2.45, 2.75) is 11.8 Å². The van der Waals surface area contributed by atoms with Gasteiger partial charge in [-0.25, -0.2) is 8.42 Å². The third-order valence-corrected chi connectivity index (χ3v) is 7.09. The Hall–Kier alpha value is -3.69. The zero-order valence-electron chi connectivity index (χ0n) is 19.5. The van der Waals surface area contributed by atoms with E-state index in [0.29, 0.717) is 44.8 Å². The molecule has 0 aliphatic heterocycles. The number of sulfonamides is 1. The van der Waals surface area contributed by atoms with Gasteiger partial charge in [0.25, 0.3) is 10.0 Å². The van der Waals surface area contributed by atoms with Crippen LogP contribution < -0.4 is 23.7 Å². The minimum atomic E-state index is -3.94. The van der Waals surface area contributed by atoms with Gasteiger partial charge in [-0.05, 0) is 61.0 Å². The highest BCUT2D eigenvalue weighted by atomic mass is 35.5. The number of hydrogen-bond donors (Lipinski definition) is 1. The molecule has 0 radical (unpaired) electrons. The fraction of sp³-hybridized carbons (Fsp3) is 0.160. The zero-order valence-corrected chi connectivity index (χ0v) is 21.0. The third kappa shape index (κ3) is 5.06. The highest BCUT2D eigenvalue weighted by Gasteiger charge is 2.21. The molecular formula is C25H23ClN2O6S. The number of nitrogens with zero attached hydrogens (tertiary/aromatic N) is 1. The van der Waals surface area contributed by atoms with Crippen molar-refractivity contribution in [1.29, 1.82) is 0 Å². The number of fused-ring (bicyclic) bond motifs is 1. The first-order valence-corrected chi connectivity index (χ1v) is 12.3. The van der Waals surface area contributed by atoms with E-state index in [2.05, 4.69) is 9.71 Å². The van der Waals surface area contributed by atoms with Crippen molar-refractivity contribution in [2.24, 2.45) is 0 Å². The van der Waals surface area contributed by atoms with Gasteiger partial charge < -0.3 is 18.9 Å². The number of anilines is 1. The number of hydrogen-bond acceptors (Lipinski definition) is 7. The summed E-state index contributed by atoms with van der Waals surface area (Å²) in [4.78, 5) is 4.31. The standard InChI is InChI=1S/C25H23ClN2O6S/c1-15-11-24(33-4)25(13-19(15)26)35(29,30)28-16-5-7-17(8-6-16)34-21-9-10-27-20-14-23(32-3)22(31-2)12-18(20)21/h5-14,28H,1-4H3. The lowest BCUT2D eigenvalue weighted by Crippen LogP contribution is -2.14. The maximum Gasteiger partial charge on any atom is 0.265 e. The van der Waals surface area contributed by atoms with Gasteiger partial charge in [-0.1, -0.05) is 11.6 Å². The van der Waals surface area contributed by atoms with Gasteiger partial charge in [0.2, 0.25) is 0 Å². The van der Waals surface area contributed by atoms with Gasteiger partial charge in [0.15, 0.2) is 11.5 Å². The second kappa shape index (κ2) is 9.89. The van der Waals surface area contributed by atoms with Crippen LogP contribution in [0.4, 0.5) is 5.69 Å². The monoisotopic (exact) mass is 514 g/mol. The van der Waals surface area contributed by atoms with Gasteiger partial charge in [-0.2, -0.15) is 0 Å². The molecule has 0 spiro atoms.